The molecule has 0 unspecified atom stereocenters. The van der Waals surface area contributed by atoms with Crippen LogP contribution in [0, 0.1) is 0 Å². The van der Waals surface area contributed by atoms with E-state index in [0.717, 1.165) is 33.2 Å². The van der Waals surface area contributed by atoms with E-state index in [2.05, 4.69) is 38.2 Å². The molecule has 0 bridgehead atoms. The highest BCUT2D eigenvalue weighted by Gasteiger charge is 2.20. The van der Waals surface area contributed by atoms with Crippen LogP contribution in [0.3, 0.4) is 0 Å². The van der Waals surface area contributed by atoms with Gasteiger partial charge in [0.25, 0.3) is 0 Å². The summed E-state index contributed by atoms with van der Waals surface area (Å²) in [5.41, 5.74) is 1.83. The molecule has 0 fully saturated rings. The third kappa shape index (κ3) is 1.99. The summed E-state index contributed by atoms with van der Waals surface area (Å²) < 4.78 is 11.4. The van der Waals surface area contributed by atoms with E-state index in [1.165, 1.54) is 0 Å². The Morgan fingerprint density at radius 1 is 1.00 bits per heavy atom. The van der Waals surface area contributed by atoms with Crippen LogP contribution in [0.15, 0.2) is 41.0 Å². The Kier molecular flexibility index (Phi) is 2.85. The van der Waals surface area contributed by atoms with Crippen molar-refractivity contribution in [2.45, 2.75) is 26.3 Å². The van der Waals surface area contributed by atoms with Crippen LogP contribution in [0.1, 0.15) is 20.8 Å². The standard InChI is InChI=1S/C17H19NO2/c1-17(2,3)18-14-13-9-10-20-15(13)11-7-5-6-8-12(11)16(14)19-4/h5-10,18H,1-4H3. The molecule has 0 aliphatic heterocycles. The summed E-state index contributed by atoms with van der Waals surface area (Å²) in [5.74, 6) is 0.865. The van der Waals surface area contributed by atoms with Crippen LogP contribution < -0.4 is 10.1 Å². The van der Waals surface area contributed by atoms with Crippen molar-refractivity contribution in [3.63, 3.8) is 0 Å². The molecule has 3 nitrogen and oxygen atoms in total. The minimum atomic E-state index is -0.0556. The molecule has 3 aromatic rings. The van der Waals surface area contributed by atoms with Gasteiger partial charge in [0.05, 0.1) is 19.1 Å². The minimum absolute atomic E-state index is 0.0556. The Bertz CT molecular complexity index is 766. The predicted molar refractivity (Wildman–Crippen MR) is 83.6 cm³/mol. The summed E-state index contributed by atoms with van der Waals surface area (Å²) in [6, 6.07) is 10.1. The Morgan fingerprint density at radius 3 is 2.35 bits per heavy atom. The fourth-order valence-corrected chi connectivity index (χ4v) is 2.56. The van der Waals surface area contributed by atoms with Crippen LogP contribution in [-0.2, 0) is 0 Å². The molecule has 1 heterocycles. The fraction of sp³-hybridized carbons (Fsp3) is 0.294. The van der Waals surface area contributed by atoms with Crippen molar-refractivity contribution >= 4 is 27.4 Å². The largest absolute Gasteiger partial charge is 0.494 e. The summed E-state index contributed by atoms with van der Waals surface area (Å²) in [7, 11) is 1.71. The second kappa shape index (κ2) is 4.44. The zero-order valence-electron chi connectivity index (χ0n) is 12.3. The van der Waals surface area contributed by atoms with Gasteiger partial charge in [-0.25, -0.2) is 0 Å². The van der Waals surface area contributed by atoms with Crippen LogP contribution in [0.5, 0.6) is 5.75 Å². The molecular formula is C17H19NO2. The maximum Gasteiger partial charge on any atom is 0.150 e. The Hall–Kier alpha value is -2.16. The lowest BCUT2D eigenvalue weighted by Gasteiger charge is -2.25. The summed E-state index contributed by atoms with van der Waals surface area (Å²) in [6.45, 7) is 6.40. The number of rotatable bonds is 2. The van der Waals surface area contributed by atoms with Gasteiger partial charge in [0.1, 0.15) is 5.58 Å². The maximum atomic E-state index is 5.69. The van der Waals surface area contributed by atoms with Crippen molar-refractivity contribution in [3.8, 4) is 5.75 Å². The first-order chi connectivity index (χ1) is 9.51. The van der Waals surface area contributed by atoms with Crippen molar-refractivity contribution in [2.75, 3.05) is 12.4 Å². The van der Waals surface area contributed by atoms with E-state index in [9.17, 15) is 0 Å². The zero-order valence-corrected chi connectivity index (χ0v) is 12.3. The van der Waals surface area contributed by atoms with E-state index >= 15 is 0 Å². The van der Waals surface area contributed by atoms with Gasteiger partial charge in [-0.2, -0.15) is 0 Å². The molecule has 1 N–H and O–H groups in total. The molecular weight excluding hydrogens is 250 g/mol. The van der Waals surface area contributed by atoms with Crippen molar-refractivity contribution in [1.29, 1.82) is 0 Å². The van der Waals surface area contributed by atoms with Gasteiger partial charge in [-0.15, -0.1) is 0 Å². The summed E-state index contributed by atoms with van der Waals surface area (Å²) in [4.78, 5) is 0. The van der Waals surface area contributed by atoms with Crippen LogP contribution in [0.4, 0.5) is 5.69 Å². The minimum Gasteiger partial charge on any atom is -0.494 e. The van der Waals surface area contributed by atoms with Gasteiger partial charge < -0.3 is 14.5 Å². The molecule has 104 valence electrons. The molecule has 0 amide bonds. The number of hydrogen-bond donors (Lipinski definition) is 1. The molecule has 20 heavy (non-hydrogen) atoms. The van der Waals surface area contributed by atoms with E-state index in [0.29, 0.717) is 0 Å². The molecule has 0 saturated heterocycles. The van der Waals surface area contributed by atoms with Gasteiger partial charge in [0.2, 0.25) is 0 Å². The Balaban J connectivity index is 2.43. The average molecular weight is 269 g/mol. The molecule has 2 aromatic carbocycles. The topological polar surface area (TPSA) is 34.4 Å². The number of ether oxygens (including phenoxy) is 1. The monoisotopic (exact) mass is 269 g/mol. The van der Waals surface area contributed by atoms with Gasteiger partial charge in [0.15, 0.2) is 5.75 Å². The van der Waals surface area contributed by atoms with Crippen LogP contribution >= 0.6 is 0 Å². The normalized spacial score (nSPS) is 12.0. The summed E-state index contributed by atoms with van der Waals surface area (Å²) in [5, 5.41) is 6.72. The first-order valence-corrected chi connectivity index (χ1v) is 6.75. The van der Waals surface area contributed by atoms with Gasteiger partial charge >= 0.3 is 0 Å². The highest BCUT2D eigenvalue weighted by Crippen LogP contribution is 2.43. The second-order valence-corrected chi connectivity index (χ2v) is 5.99. The lowest BCUT2D eigenvalue weighted by molar-refractivity contribution is 0.420. The molecule has 0 atom stereocenters. The van der Waals surface area contributed by atoms with Crippen molar-refractivity contribution in [1.82, 2.24) is 0 Å². The third-order valence-electron chi connectivity index (χ3n) is 3.28. The second-order valence-electron chi connectivity index (χ2n) is 5.99. The fourth-order valence-electron chi connectivity index (χ4n) is 2.56. The molecule has 0 aliphatic carbocycles. The van der Waals surface area contributed by atoms with Crippen LogP contribution in [0.2, 0.25) is 0 Å². The summed E-state index contributed by atoms with van der Waals surface area (Å²) >= 11 is 0. The predicted octanol–water partition coefficient (Wildman–Crippen LogP) is 4.81. The third-order valence-corrected chi connectivity index (χ3v) is 3.28. The van der Waals surface area contributed by atoms with Crippen molar-refractivity contribution < 1.29 is 9.15 Å². The zero-order chi connectivity index (χ0) is 14.3. The number of nitrogens with one attached hydrogen (secondary N) is 1. The molecule has 0 saturated carbocycles. The van der Waals surface area contributed by atoms with E-state index in [-0.39, 0.29) is 5.54 Å². The molecule has 0 aliphatic rings. The first kappa shape index (κ1) is 12.9. The van der Waals surface area contributed by atoms with Crippen molar-refractivity contribution in [3.05, 3.63) is 36.6 Å². The van der Waals surface area contributed by atoms with Gasteiger partial charge in [-0.05, 0) is 26.8 Å². The van der Waals surface area contributed by atoms with E-state index in [1.54, 1.807) is 13.4 Å². The van der Waals surface area contributed by atoms with Gasteiger partial charge in [-0.1, -0.05) is 24.3 Å². The highest BCUT2D eigenvalue weighted by molar-refractivity contribution is 6.14. The molecule has 1 aromatic heterocycles. The number of anilines is 1. The lowest BCUT2D eigenvalue weighted by atomic mass is 10.0. The maximum absolute atomic E-state index is 5.69. The lowest BCUT2D eigenvalue weighted by Crippen LogP contribution is -2.26. The first-order valence-electron chi connectivity index (χ1n) is 6.75. The van der Waals surface area contributed by atoms with E-state index in [1.807, 2.05) is 18.2 Å². The van der Waals surface area contributed by atoms with Crippen molar-refractivity contribution in [2.24, 2.45) is 0 Å². The van der Waals surface area contributed by atoms with E-state index < -0.39 is 0 Å². The Morgan fingerprint density at radius 2 is 1.70 bits per heavy atom. The van der Waals surface area contributed by atoms with Gasteiger partial charge in [-0.3, -0.25) is 0 Å². The van der Waals surface area contributed by atoms with Crippen LogP contribution in [-0.4, -0.2) is 12.6 Å². The SMILES string of the molecule is COc1c(NC(C)(C)C)c2ccoc2c2ccccc12. The number of furan rings is 1. The van der Waals surface area contributed by atoms with E-state index in [4.69, 9.17) is 9.15 Å². The summed E-state index contributed by atoms with van der Waals surface area (Å²) in [6.07, 6.45) is 1.73. The number of fused-ring (bicyclic) bond motifs is 3. The molecule has 3 heteroatoms. The smallest absolute Gasteiger partial charge is 0.150 e. The number of methoxy groups -OCH3 is 1. The molecule has 0 spiro atoms. The van der Waals surface area contributed by atoms with Gasteiger partial charge in [0, 0.05) is 21.7 Å². The molecule has 3 rings (SSSR count). The highest BCUT2D eigenvalue weighted by atomic mass is 16.5. The average Bonchev–Trinajstić information content (AvgIpc) is 2.87. The molecule has 0 radical (unpaired) electrons. The number of hydrogen-bond acceptors (Lipinski definition) is 3. The van der Waals surface area contributed by atoms with Crippen LogP contribution in [0.25, 0.3) is 21.7 Å². The Labute approximate surface area is 118 Å². The number of benzene rings is 2. The quantitative estimate of drug-likeness (QED) is 0.725.